The number of amides is 1. The topological polar surface area (TPSA) is 64.4 Å². The Hall–Kier alpha value is -1.04. The molecular weight excluding hydrogens is 320 g/mol. The lowest BCUT2D eigenvalue weighted by Crippen LogP contribution is -2.54. The number of anilines is 1. The van der Waals surface area contributed by atoms with Gasteiger partial charge in [-0.2, -0.15) is 11.8 Å². The van der Waals surface area contributed by atoms with Gasteiger partial charge in [0.05, 0.1) is 0 Å². The average Bonchev–Trinajstić information content (AvgIpc) is 2.62. The molecule has 1 saturated carbocycles. The quantitative estimate of drug-likeness (QED) is 0.851. The Morgan fingerprint density at radius 2 is 2.00 bits per heavy atom. The Kier molecular flexibility index (Phi) is 6.19. The van der Waals surface area contributed by atoms with Crippen LogP contribution < -0.4 is 11.1 Å². The zero-order valence-electron chi connectivity index (χ0n) is 14.3. The van der Waals surface area contributed by atoms with Crippen LogP contribution in [0.1, 0.15) is 50.5 Å². The first kappa shape index (κ1) is 17.8. The van der Waals surface area contributed by atoms with E-state index in [4.69, 9.17) is 10.5 Å². The molecule has 1 aliphatic carbocycles. The van der Waals surface area contributed by atoms with Gasteiger partial charge in [0, 0.05) is 29.9 Å². The van der Waals surface area contributed by atoms with Crippen molar-refractivity contribution in [3.63, 3.8) is 0 Å². The van der Waals surface area contributed by atoms with Crippen molar-refractivity contribution in [3.8, 4) is 0 Å². The number of ether oxygens (including phenoxy) is 1. The Balaban J connectivity index is 1.55. The van der Waals surface area contributed by atoms with E-state index in [0.717, 1.165) is 16.7 Å². The van der Waals surface area contributed by atoms with Crippen molar-refractivity contribution in [3.05, 3.63) is 29.8 Å². The van der Waals surface area contributed by atoms with Crippen LogP contribution in [-0.2, 0) is 15.3 Å². The maximum Gasteiger partial charge on any atom is 0.244 e. The monoisotopic (exact) mass is 348 g/mol. The number of rotatable bonds is 5. The van der Waals surface area contributed by atoms with Gasteiger partial charge in [-0.3, -0.25) is 4.79 Å². The van der Waals surface area contributed by atoms with E-state index in [1.807, 2.05) is 12.1 Å². The van der Waals surface area contributed by atoms with Gasteiger partial charge in [0.1, 0.15) is 5.54 Å². The lowest BCUT2D eigenvalue weighted by atomic mass is 9.90. The smallest absolute Gasteiger partial charge is 0.244 e. The van der Waals surface area contributed by atoms with Gasteiger partial charge in [-0.25, -0.2) is 0 Å². The van der Waals surface area contributed by atoms with E-state index >= 15 is 0 Å². The molecule has 1 amide bonds. The summed E-state index contributed by atoms with van der Waals surface area (Å²) in [5.41, 5.74) is 7.56. The standard InChI is InChI=1S/C19H28N2O2S/c20-19(9-11-23-12-10-19)18(22)21-16-6-4-5-15(13-16)14-24-17-7-2-1-3-8-17/h4-6,13,17H,1-3,7-12,14,20H2,(H,21,22). The largest absolute Gasteiger partial charge is 0.381 e. The minimum absolute atomic E-state index is 0.0946. The second kappa shape index (κ2) is 8.37. The third-order valence-electron chi connectivity index (χ3n) is 5.06. The van der Waals surface area contributed by atoms with Gasteiger partial charge in [-0.05, 0) is 43.4 Å². The van der Waals surface area contributed by atoms with Crippen molar-refractivity contribution < 1.29 is 9.53 Å². The van der Waals surface area contributed by atoms with E-state index in [2.05, 4.69) is 29.2 Å². The molecule has 132 valence electrons. The molecular formula is C19H28N2O2S. The summed E-state index contributed by atoms with van der Waals surface area (Å²) >= 11 is 2.05. The molecule has 0 aromatic heterocycles. The fourth-order valence-electron chi connectivity index (χ4n) is 3.40. The van der Waals surface area contributed by atoms with E-state index < -0.39 is 5.54 Å². The van der Waals surface area contributed by atoms with Gasteiger partial charge < -0.3 is 15.8 Å². The summed E-state index contributed by atoms with van der Waals surface area (Å²) in [6, 6.07) is 8.17. The lowest BCUT2D eigenvalue weighted by Gasteiger charge is -2.31. The minimum atomic E-state index is -0.800. The molecule has 0 unspecified atom stereocenters. The Morgan fingerprint density at radius 3 is 2.75 bits per heavy atom. The van der Waals surface area contributed by atoms with E-state index in [1.54, 1.807) is 0 Å². The van der Waals surface area contributed by atoms with Crippen LogP contribution in [0.15, 0.2) is 24.3 Å². The highest BCUT2D eigenvalue weighted by Gasteiger charge is 2.35. The molecule has 0 atom stereocenters. The minimum Gasteiger partial charge on any atom is -0.381 e. The highest BCUT2D eigenvalue weighted by molar-refractivity contribution is 7.99. The number of benzene rings is 1. The lowest BCUT2D eigenvalue weighted by molar-refractivity contribution is -0.124. The Bertz CT molecular complexity index is 552. The zero-order valence-corrected chi connectivity index (χ0v) is 15.1. The predicted octanol–water partition coefficient (Wildman–Crippen LogP) is 3.70. The number of carbonyl (C=O) groups excluding carboxylic acids is 1. The molecule has 0 spiro atoms. The zero-order chi connectivity index (χ0) is 16.8. The van der Waals surface area contributed by atoms with Crippen LogP contribution in [0.25, 0.3) is 0 Å². The Labute approximate surface area is 148 Å². The van der Waals surface area contributed by atoms with Crippen molar-refractivity contribution in [2.24, 2.45) is 5.73 Å². The van der Waals surface area contributed by atoms with Gasteiger partial charge in [0.2, 0.25) is 5.91 Å². The van der Waals surface area contributed by atoms with E-state index in [-0.39, 0.29) is 5.91 Å². The van der Waals surface area contributed by atoms with Gasteiger partial charge in [-0.15, -0.1) is 0 Å². The van der Waals surface area contributed by atoms with Gasteiger partial charge >= 0.3 is 0 Å². The molecule has 3 rings (SSSR count). The highest BCUT2D eigenvalue weighted by atomic mass is 32.2. The van der Waals surface area contributed by atoms with Crippen LogP contribution in [0.4, 0.5) is 5.69 Å². The maximum atomic E-state index is 12.5. The van der Waals surface area contributed by atoms with Crippen molar-refractivity contribution in [1.29, 1.82) is 0 Å². The molecule has 1 heterocycles. The molecule has 2 aliphatic rings. The second-order valence-electron chi connectivity index (χ2n) is 6.99. The first-order valence-corrected chi connectivity index (χ1v) is 10.1. The summed E-state index contributed by atoms with van der Waals surface area (Å²) < 4.78 is 5.31. The molecule has 5 heteroatoms. The third kappa shape index (κ3) is 4.74. The third-order valence-corrected chi connectivity index (χ3v) is 6.50. The maximum absolute atomic E-state index is 12.5. The second-order valence-corrected chi connectivity index (χ2v) is 8.28. The number of nitrogens with one attached hydrogen (secondary N) is 1. The summed E-state index contributed by atoms with van der Waals surface area (Å²) in [4.78, 5) is 12.5. The van der Waals surface area contributed by atoms with Crippen LogP contribution in [0.2, 0.25) is 0 Å². The van der Waals surface area contributed by atoms with Crippen LogP contribution in [0, 0.1) is 0 Å². The molecule has 4 nitrogen and oxygen atoms in total. The molecule has 1 aromatic carbocycles. The van der Waals surface area contributed by atoms with Crippen molar-refractivity contribution in [2.45, 2.75) is 61.5 Å². The fourth-order valence-corrected chi connectivity index (χ4v) is 4.68. The van der Waals surface area contributed by atoms with E-state index in [0.29, 0.717) is 26.1 Å². The number of hydrogen-bond acceptors (Lipinski definition) is 4. The van der Waals surface area contributed by atoms with Gasteiger partial charge in [0.25, 0.3) is 0 Å². The van der Waals surface area contributed by atoms with E-state index in [1.165, 1.54) is 37.7 Å². The molecule has 3 N–H and O–H groups in total. The highest BCUT2D eigenvalue weighted by Crippen LogP contribution is 2.31. The van der Waals surface area contributed by atoms with Crippen LogP contribution >= 0.6 is 11.8 Å². The van der Waals surface area contributed by atoms with Crippen LogP contribution in [0.5, 0.6) is 0 Å². The van der Waals surface area contributed by atoms with Crippen molar-refractivity contribution in [1.82, 2.24) is 0 Å². The van der Waals surface area contributed by atoms with Crippen LogP contribution in [-0.4, -0.2) is 29.9 Å². The molecule has 24 heavy (non-hydrogen) atoms. The first-order chi connectivity index (χ1) is 11.7. The summed E-state index contributed by atoms with van der Waals surface area (Å²) in [5, 5.41) is 3.80. The summed E-state index contributed by atoms with van der Waals surface area (Å²) in [6.45, 7) is 1.12. The first-order valence-electron chi connectivity index (χ1n) is 9.04. The van der Waals surface area contributed by atoms with Crippen molar-refractivity contribution in [2.75, 3.05) is 18.5 Å². The summed E-state index contributed by atoms with van der Waals surface area (Å²) in [6.07, 6.45) is 7.99. The van der Waals surface area contributed by atoms with Crippen LogP contribution in [0.3, 0.4) is 0 Å². The number of thioether (sulfide) groups is 1. The number of nitrogens with two attached hydrogens (primary N) is 1. The molecule has 1 aromatic rings. The summed E-state index contributed by atoms with van der Waals surface area (Å²) in [5.74, 6) is 0.915. The van der Waals surface area contributed by atoms with Gasteiger partial charge in [-0.1, -0.05) is 31.4 Å². The van der Waals surface area contributed by atoms with Gasteiger partial charge in [0.15, 0.2) is 0 Å². The SMILES string of the molecule is NC1(C(=O)Nc2cccc(CSC3CCCCC3)c2)CCOCC1. The number of hydrogen-bond donors (Lipinski definition) is 2. The predicted molar refractivity (Wildman–Crippen MR) is 100 cm³/mol. The fraction of sp³-hybridized carbons (Fsp3) is 0.632. The Morgan fingerprint density at radius 1 is 1.25 bits per heavy atom. The molecule has 1 aliphatic heterocycles. The molecule has 0 bridgehead atoms. The van der Waals surface area contributed by atoms with Crippen molar-refractivity contribution >= 4 is 23.4 Å². The molecule has 0 radical (unpaired) electrons. The number of carbonyl (C=O) groups is 1. The molecule has 2 fully saturated rings. The molecule has 1 saturated heterocycles. The average molecular weight is 349 g/mol. The van der Waals surface area contributed by atoms with E-state index in [9.17, 15) is 4.79 Å². The summed E-state index contributed by atoms with van der Waals surface area (Å²) in [7, 11) is 0. The normalized spacial score (nSPS) is 21.4.